The Kier molecular flexibility index (Phi) is 2.66. The van der Waals surface area contributed by atoms with E-state index in [9.17, 15) is 0 Å². The minimum atomic E-state index is 0.917. The number of aromatic nitrogens is 3. The summed E-state index contributed by atoms with van der Waals surface area (Å²) in [5.74, 6) is 0. The summed E-state index contributed by atoms with van der Waals surface area (Å²) in [7, 11) is 0. The molecule has 0 N–H and O–H groups in total. The van der Waals surface area contributed by atoms with Gasteiger partial charge in [0, 0.05) is 55.9 Å². The number of benzene rings is 1. The molecule has 0 saturated carbocycles. The molecular weight excluding hydrogens is 302 g/mol. The summed E-state index contributed by atoms with van der Waals surface area (Å²) in [6, 6.07) is 14.5. The quantitative estimate of drug-likeness (QED) is 0.434. The number of thiophene rings is 1. The molecule has 0 fully saturated rings. The summed E-state index contributed by atoms with van der Waals surface area (Å²) in [5.41, 5.74) is 2.83. The molecule has 3 nitrogen and oxygen atoms in total. The number of fused-ring (bicyclic) bond motifs is 4. The molecule has 0 unspecified atom stereocenters. The first-order valence-corrected chi connectivity index (χ1v) is 8.18. The lowest BCUT2D eigenvalue weighted by molar-refractivity contribution is 1.29. The Morgan fingerprint density at radius 3 is 2.74 bits per heavy atom. The lowest BCUT2D eigenvalue weighted by atomic mass is 10.1. The van der Waals surface area contributed by atoms with Gasteiger partial charge in [0.05, 0.1) is 11.2 Å². The maximum absolute atomic E-state index is 4.68. The third-order valence-corrected chi connectivity index (χ3v) is 5.18. The Balaban J connectivity index is 1.81. The SMILES string of the molecule is c1cnc2c(-c3cc4sc5ccccc5c4cn3)cncc2c1. The highest BCUT2D eigenvalue weighted by Crippen LogP contribution is 2.35. The molecule has 4 heteroatoms. The standard InChI is InChI=1S/C19H11N3S/c1-2-6-17-13(5-1)14-11-22-16(8-18(14)23-17)15-10-20-9-12-4-3-7-21-19(12)15/h1-11H. The molecule has 0 atom stereocenters. The van der Waals surface area contributed by atoms with Crippen molar-refractivity contribution in [1.82, 2.24) is 15.0 Å². The fourth-order valence-corrected chi connectivity index (χ4v) is 4.07. The molecule has 0 aliphatic carbocycles. The molecule has 0 aliphatic heterocycles. The Bertz CT molecular complexity index is 1170. The van der Waals surface area contributed by atoms with E-state index in [1.165, 1.54) is 20.2 Å². The highest BCUT2D eigenvalue weighted by molar-refractivity contribution is 7.25. The van der Waals surface area contributed by atoms with Gasteiger partial charge in [-0.3, -0.25) is 15.0 Å². The average molecular weight is 313 g/mol. The zero-order valence-corrected chi connectivity index (χ0v) is 12.9. The zero-order valence-electron chi connectivity index (χ0n) is 12.1. The van der Waals surface area contributed by atoms with E-state index in [1.807, 2.05) is 36.9 Å². The molecule has 1 aromatic carbocycles. The van der Waals surface area contributed by atoms with Crippen molar-refractivity contribution in [2.24, 2.45) is 0 Å². The summed E-state index contributed by atoms with van der Waals surface area (Å²) < 4.78 is 2.53. The maximum Gasteiger partial charge on any atom is 0.0826 e. The first kappa shape index (κ1) is 12.7. The first-order valence-electron chi connectivity index (χ1n) is 7.36. The smallest absolute Gasteiger partial charge is 0.0826 e. The van der Waals surface area contributed by atoms with Gasteiger partial charge in [-0.15, -0.1) is 11.3 Å². The van der Waals surface area contributed by atoms with Crippen molar-refractivity contribution in [2.75, 3.05) is 0 Å². The maximum atomic E-state index is 4.68. The van der Waals surface area contributed by atoms with E-state index in [0.29, 0.717) is 0 Å². The van der Waals surface area contributed by atoms with Crippen molar-refractivity contribution in [1.29, 1.82) is 0 Å². The van der Waals surface area contributed by atoms with Crippen LogP contribution in [0.5, 0.6) is 0 Å². The number of pyridine rings is 3. The molecule has 0 saturated heterocycles. The van der Waals surface area contributed by atoms with E-state index < -0.39 is 0 Å². The van der Waals surface area contributed by atoms with E-state index in [4.69, 9.17) is 0 Å². The Morgan fingerprint density at radius 2 is 1.74 bits per heavy atom. The highest BCUT2D eigenvalue weighted by atomic mass is 32.1. The second-order valence-corrected chi connectivity index (χ2v) is 6.51. The van der Waals surface area contributed by atoms with Gasteiger partial charge >= 0.3 is 0 Å². The summed E-state index contributed by atoms with van der Waals surface area (Å²) in [5, 5.41) is 3.50. The van der Waals surface area contributed by atoms with Gasteiger partial charge in [-0.05, 0) is 24.3 Å². The third kappa shape index (κ3) is 1.92. The Hall–Kier alpha value is -2.85. The van der Waals surface area contributed by atoms with Crippen LogP contribution >= 0.6 is 11.3 Å². The van der Waals surface area contributed by atoms with Gasteiger partial charge in [0.25, 0.3) is 0 Å². The fourth-order valence-electron chi connectivity index (χ4n) is 2.96. The molecule has 4 heterocycles. The van der Waals surface area contributed by atoms with Crippen LogP contribution in [0, 0.1) is 0 Å². The Labute approximate surface area is 136 Å². The van der Waals surface area contributed by atoms with Crippen LogP contribution in [-0.4, -0.2) is 15.0 Å². The second-order valence-electron chi connectivity index (χ2n) is 5.43. The molecule has 5 aromatic rings. The lowest BCUT2D eigenvalue weighted by Crippen LogP contribution is -1.88. The normalized spacial score (nSPS) is 11.5. The van der Waals surface area contributed by atoms with Crippen LogP contribution in [0.3, 0.4) is 0 Å². The van der Waals surface area contributed by atoms with Crippen molar-refractivity contribution >= 4 is 42.4 Å². The van der Waals surface area contributed by atoms with E-state index >= 15 is 0 Å². The number of rotatable bonds is 1. The minimum Gasteiger partial charge on any atom is -0.263 e. The van der Waals surface area contributed by atoms with Crippen molar-refractivity contribution in [3.63, 3.8) is 0 Å². The molecule has 5 rings (SSSR count). The van der Waals surface area contributed by atoms with Gasteiger partial charge in [-0.1, -0.05) is 18.2 Å². The summed E-state index contributed by atoms with van der Waals surface area (Å²) in [4.78, 5) is 13.5. The van der Waals surface area contributed by atoms with Gasteiger partial charge in [-0.25, -0.2) is 0 Å². The van der Waals surface area contributed by atoms with Gasteiger partial charge in [0.15, 0.2) is 0 Å². The van der Waals surface area contributed by atoms with E-state index in [1.54, 1.807) is 11.3 Å². The third-order valence-electron chi connectivity index (χ3n) is 4.05. The molecular formula is C19H11N3S. The van der Waals surface area contributed by atoms with Crippen molar-refractivity contribution < 1.29 is 0 Å². The number of hydrogen-bond acceptors (Lipinski definition) is 4. The van der Waals surface area contributed by atoms with Crippen LogP contribution < -0.4 is 0 Å². The predicted molar refractivity (Wildman–Crippen MR) is 95.7 cm³/mol. The number of nitrogens with zero attached hydrogens (tertiary/aromatic N) is 3. The predicted octanol–water partition coefficient (Wildman–Crippen LogP) is 5.06. The zero-order chi connectivity index (χ0) is 15.2. The van der Waals surface area contributed by atoms with Crippen LogP contribution in [0.1, 0.15) is 0 Å². The largest absolute Gasteiger partial charge is 0.263 e. The summed E-state index contributed by atoms with van der Waals surface area (Å²) in [6.07, 6.45) is 7.45. The van der Waals surface area contributed by atoms with E-state index in [2.05, 4.69) is 45.3 Å². The molecule has 0 amide bonds. The van der Waals surface area contributed by atoms with Gasteiger partial charge < -0.3 is 0 Å². The molecule has 0 bridgehead atoms. The van der Waals surface area contributed by atoms with Crippen molar-refractivity contribution in [3.05, 3.63) is 67.3 Å². The van der Waals surface area contributed by atoms with Crippen LogP contribution in [0.15, 0.2) is 67.3 Å². The second kappa shape index (κ2) is 4.83. The first-order chi connectivity index (χ1) is 11.4. The van der Waals surface area contributed by atoms with E-state index in [-0.39, 0.29) is 0 Å². The van der Waals surface area contributed by atoms with Gasteiger partial charge in [0.2, 0.25) is 0 Å². The molecule has 0 spiro atoms. The van der Waals surface area contributed by atoms with Crippen LogP contribution in [0.2, 0.25) is 0 Å². The molecule has 0 radical (unpaired) electrons. The number of hydrogen-bond donors (Lipinski definition) is 0. The van der Waals surface area contributed by atoms with Crippen LogP contribution in [0.4, 0.5) is 0 Å². The summed E-state index contributed by atoms with van der Waals surface area (Å²) in [6.45, 7) is 0. The van der Waals surface area contributed by atoms with E-state index in [0.717, 1.165) is 22.2 Å². The van der Waals surface area contributed by atoms with Gasteiger partial charge in [0.1, 0.15) is 0 Å². The Morgan fingerprint density at radius 1 is 0.783 bits per heavy atom. The van der Waals surface area contributed by atoms with Crippen molar-refractivity contribution in [2.45, 2.75) is 0 Å². The van der Waals surface area contributed by atoms with Crippen LogP contribution in [0.25, 0.3) is 42.3 Å². The lowest BCUT2D eigenvalue weighted by Gasteiger charge is -2.04. The van der Waals surface area contributed by atoms with Gasteiger partial charge in [-0.2, -0.15) is 0 Å². The summed E-state index contributed by atoms with van der Waals surface area (Å²) >= 11 is 1.80. The van der Waals surface area contributed by atoms with Crippen LogP contribution in [-0.2, 0) is 0 Å². The van der Waals surface area contributed by atoms with Crippen molar-refractivity contribution in [3.8, 4) is 11.3 Å². The minimum absolute atomic E-state index is 0.917. The molecule has 4 aromatic heterocycles. The monoisotopic (exact) mass is 313 g/mol. The highest BCUT2D eigenvalue weighted by Gasteiger charge is 2.10. The molecule has 108 valence electrons. The fraction of sp³-hybridized carbons (Fsp3) is 0. The molecule has 0 aliphatic rings. The topological polar surface area (TPSA) is 38.7 Å². The average Bonchev–Trinajstić information content (AvgIpc) is 2.99. The molecule has 23 heavy (non-hydrogen) atoms.